The van der Waals surface area contributed by atoms with E-state index in [2.05, 4.69) is 15.8 Å². The van der Waals surface area contributed by atoms with E-state index in [0.29, 0.717) is 6.33 Å². The Morgan fingerprint density at radius 1 is 1.27 bits per heavy atom. The molecule has 0 radical (unpaired) electrons. The van der Waals surface area contributed by atoms with Crippen LogP contribution >= 0.6 is 11.6 Å². The van der Waals surface area contributed by atoms with Gasteiger partial charge in [-0.15, -0.1) is 0 Å². The summed E-state index contributed by atoms with van der Waals surface area (Å²) in [7, 11) is 1.22. The van der Waals surface area contributed by atoms with Crippen molar-refractivity contribution in [2.24, 2.45) is 0 Å². The van der Waals surface area contributed by atoms with E-state index in [1.165, 1.54) is 13.2 Å². The third-order valence-corrected chi connectivity index (χ3v) is 4.43. The van der Waals surface area contributed by atoms with Gasteiger partial charge in [-0.2, -0.15) is 18.4 Å². The molecule has 3 rings (SSSR count). The fourth-order valence-corrected chi connectivity index (χ4v) is 3.01. The predicted octanol–water partition coefficient (Wildman–Crippen LogP) is 3.69. The predicted molar refractivity (Wildman–Crippen MR) is 104 cm³/mol. The van der Waals surface area contributed by atoms with Crippen LogP contribution in [-0.2, 0) is 17.5 Å². The van der Waals surface area contributed by atoms with E-state index in [4.69, 9.17) is 26.3 Å². The summed E-state index contributed by atoms with van der Waals surface area (Å²) >= 11 is 5.84. The molecule has 33 heavy (non-hydrogen) atoms. The first-order valence-electron chi connectivity index (χ1n) is 8.87. The van der Waals surface area contributed by atoms with Crippen molar-refractivity contribution in [3.63, 3.8) is 0 Å². The van der Waals surface area contributed by atoms with Crippen LogP contribution in [0.3, 0.4) is 0 Å². The van der Waals surface area contributed by atoms with Crippen molar-refractivity contribution in [2.75, 3.05) is 7.11 Å². The maximum atomic E-state index is 13.5. The molecule has 0 saturated heterocycles. The molecule has 0 aliphatic carbocycles. The maximum absolute atomic E-state index is 13.5. The Hall–Kier alpha value is -3.79. The highest BCUT2D eigenvalue weighted by Crippen LogP contribution is 2.35. The van der Waals surface area contributed by atoms with Gasteiger partial charge in [-0.1, -0.05) is 11.6 Å². The largest absolute Gasteiger partial charge is 0.481 e. The van der Waals surface area contributed by atoms with E-state index in [1.807, 2.05) is 0 Å². The van der Waals surface area contributed by atoms with Crippen molar-refractivity contribution in [3.8, 4) is 17.6 Å². The zero-order chi connectivity index (χ0) is 24.3. The lowest BCUT2D eigenvalue weighted by molar-refractivity contribution is -0.142. The number of hydrogen-bond acceptors (Lipinski definition) is 7. The summed E-state index contributed by atoms with van der Waals surface area (Å²) in [5.74, 6) is -1.53. The number of hydrazine groups is 1. The molecule has 0 saturated carbocycles. The number of rotatable bonds is 6. The first-order chi connectivity index (χ1) is 15.5. The van der Waals surface area contributed by atoms with Crippen LogP contribution in [0.2, 0.25) is 5.02 Å². The molecule has 1 aromatic carbocycles. The average Bonchev–Trinajstić information content (AvgIpc) is 2.75. The fourth-order valence-electron chi connectivity index (χ4n) is 2.78. The third kappa shape index (κ3) is 5.35. The number of allylic oxidation sites excluding steroid dienone is 3. The lowest BCUT2D eigenvalue weighted by Gasteiger charge is -2.23. The molecule has 2 heterocycles. The zero-order valence-electron chi connectivity index (χ0n) is 16.5. The molecule has 2 aromatic rings. The highest BCUT2D eigenvalue weighted by Gasteiger charge is 2.39. The van der Waals surface area contributed by atoms with E-state index in [-0.39, 0.29) is 27.8 Å². The minimum atomic E-state index is -5.06. The summed E-state index contributed by atoms with van der Waals surface area (Å²) in [5.41, 5.74) is 1.15. The molecule has 174 valence electrons. The number of nitrogens with one attached hydrogen (secondary N) is 2. The number of ether oxygens (including phenoxy) is 2. The number of benzene rings is 1. The Labute approximate surface area is 187 Å². The summed E-state index contributed by atoms with van der Waals surface area (Å²) in [6.07, 6.45) is -6.36. The Balaban J connectivity index is 2.09. The van der Waals surface area contributed by atoms with Gasteiger partial charge in [0.1, 0.15) is 5.75 Å². The van der Waals surface area contributed by atoms with Crippen molar-refractivity contribution >= 4 is 11.6 Å². The molecule has 0 amide bonds. The van der Waals surface area contributed by atoms with Crippen LogP contribution in [0.4, 0.5) is 22.0 Å². The van der Waals surface area contributed by atoms with Crippen LogP contribution in [0, 0.1) is 11.3 Å². The van der Waals surface area contributed by atoms with Gasteiger partial charge in [0.15, 0.2) is 5.69 Å². The molecule has 8 nitrogen and oxygen atoms in total. The molecule has 0 fully saturated rings. The van der Waals surface area contributed by atoms with E-state index < -0.39 is 41.8 Å². The van der Waals surface area contributed by atoms with Crippen LogP contribution in [0.1, 0.15) is 11.3 Å². The summed E-state index contributed by atoms with van der Waals surface area (Å²) in [4.78, 5) is 16.2. The normalized spacial score (nSPS) is 13.7. The van der Waals surface area contributed by atoms with Crippen LogP contribution < -0.4 is 21.1 Å². The number of alkyl halides is 5. The van der Waals surface area contributed by atoms with Gasteiger partial charge in [0, 0.05) is 10.6 Å². The number of nitriles is 1. The van der Waals surface area contributed by atoms with Crippen LogP contribution in [0.15, 0.2) is 52.6 Å². The Kier molecular flexibility index (Phi) is 6.78. The number of nitrogens with zero attached hydrogens (tertiary/aromatic N) is 3. The zero-order valence-corrected chi connectivity index (χ0v) is 17.3. The minimum Gasteiger partial charge on any atom is -0.481 e. The summed E-state index contributed by atoms with van der Waals surface area (Å²) in [5, 5.41) is 9.00. The molecule has 1 aliphatic heterocycles. The maximum Gasteiger partial charge on any atom is 0.437 e. The van der Waals surface area contributed by atoms with E-state index >= 15 is 0 Å². The molecule has 2 N–H and O–H groups in total. The molecule has 0 spiro atoms. The second-order valence-corrected chi connectivity index (χ2v) is 6.89. The van der Waals surface area contributed by atoms with Gasteiger partial charge in [-0.3, -0.25) is 20.2 Å². The molecule has 0 bridgehead atoms. The lowest BCUT2D eigenvalue weighted by Crippen LogP contribution is -2.38. The van der Waals surface area contributed by atoms with E-state index in [1.54, 1.807) is 6.07 Å². The van der Waals surface area contributed by atoms with E-state index in [9.17, 15) is 26.7 Å². The summed E-state index contributed by atoms with van der Waals surface area (Å²) in [6.45, 7) is -0.479. The van der Waals surface area contributed by atoms with Gasteiger partial charge in [-0.25, -0.2) is 13.8 Å². The minimum absolute atomic E-state index is 0.0119. The Bertz CT molecular complexity index is 1230. The van der Waals surface area contributed by atoms with Crippen molar-refractivity contribution in [1.29, 1.82) is 5.26 Å². The molecule has 1 aliphatic rings. The second-order valence-electron chi connectivity index (χ2n) is 6.45. The SMILES string of the molecule is COC1=C(Cn2cnc(C(F)(F)F)c(Oc3cc(Cl)cc(C#N)c3)c2=O)C=C(C(F)F)NN1. The van der Waals surface area contributed by atoms with Crippen molar-refractivity contribution < 1.29 is 31.4 Å². The molecule has 1 aromatic heterocycles. The molecular weight excluding hydrogens is 477 g/mol. The topological polar surface area (TPSA) is 101 Å². The van der Waals surface area contributed by atoms with Crippen molar-refractivity contribution in [1.82, 2.24) is 20.4 Å². The first kappa shape index (κ1) is 23.9. The molecule has 0 atom stereocenters. The highest BCUT2D eigenvalue weighted by atomic mass is 35.5. The molecule has 14 heteroatoms. The van der Waals surface area contributed by atoms with Crippen molar-refractivity contribution in [2.45, 2.75) is 19.1 Å². The van der Waals surface area contributed by atoms with Crippen LogP contribution in [0.5, 0.6) is 11.5 Å². The van der Waals surface area contributed by atoms with Gasteiger partial charge < -0.3 is 9.47 Å². The standard InChI is InChI=1S/C19H13ClF5N5O3/c1-32-17-10(4-13(16(21)22)28-29-17)7-30-8-27-15(19(23,24)25)14(18(30)31)33-12-3-9(6-26)2-11(20)5-12/h2-5,8,16,28-29H,7H2,1H3. The quantitative estimate of drug-likeness (QED) is 0.597. The smallest absolute Gasteiger partial charge is 0.437 e. The van der Waals surface area contributed by atoms with Gasteiger partial charge in [0.2, 0.25) is 11.6 Å². The van der Waals surface area contributed by atoms with Gasteiger partial charge in [0.05, 0.1) is 37.3 Å². The fraction of sp³-hybridized carbons (Fsp3) is 0.211. The Morgan fingerprint density at radius 2 is 2.00 bits per heavy atom. The Morgan fingerprint density at radius 3 is 2.61 bits per heavy atom. The van der Waals surface area contributed by atoms with Crippen molar-refractivity contribution in [3.05, 3.63) is 74.4 Å². The first-order valence-corrected chi connectivity index (χ1v) is 9.25. The number of hydrogen-bond donors (Lipinski definition) is 2. The van der Waals surface area contributed by atoms with Gasteiger partial charge in [-0.05, 0) is 24.3 Å². The molecular formula is C19H13ClF5N5O3. The number of aromatic nitrogens is 2. The van der Waals surface area contributed by atoms with Gasteiger partial charge >= 0.3 is 6.18 Å². The highest BCUT2D eigenvalue weighted by molar-refractivity contribution is 6.30. The molecule has 0 unspecified atom stereocenters. The van der Waals surface area contributed by atoms with Gasteiger partial charge in [0.25, 0.3) is 12.0 Å². The van der Waals surface area contributed by atoms with E-state index in [0.717, 1.165) is 22.8 Å². The number of halogens is 6. The summed E-state index contributed by atoms with van der Waals surface area (Å²) < 4.78 is 77.5. The average molecular weight is 490 g/mol. The summed E-state index contributed by atoms with van der Waals surface area (Å²) in [6, 6.07) is 5.20. The van der Waals surface area contributed by atoms with Crippen LogP contribution in [0.25, 0.3) is 0 Å². The van der Waals surface area contributed by atoms with Crippen LogP contribution in [-0.4, -0.2) is 23.1 Å². The lowest BCUT2D eigenvalue weighted by atomic mass is 10.2. The third-order valence-electron chi connectivity index (χ3n) is 4.21. The number of methoxy groups -OCH3 is 1. The second kappa shape index (κ2) is 9.37. The monoisotopic (exact) mass is 489 g/mol.